The Kier molecular flexibility index (Phi) is 3.22. The van der Waals surface area contributed by atoms with Crippen molar-refractivity contribution in [3.8, 4) is 5.69 Å². The van der Waals surface area contributed by atoms with Gasteiger partial charge in [-0.15, -0.1) is 11.6 Å². The molecule has 84 valence electrons. The van der Waals surface area contributed by atoms with Crippen molar-refractivity contribution in [1.29, 1.82) is 0 Å². The van der Waals surface area contributed by atoms with E-state index in [9.17, 15) is 0 Å². The minimum absolute atomic E-state index is 0.424. The average Bonchev–Trinajstić information content (AvgIpc) is 2.64. The molecule has 0 spiro atoms. The van der Waals surface area contributed by atoms with Crippen LogP contribution in [0.2, 0.25) is 5.02 Å². The van der Waals surface area contributed by atoms with Crippen LogP contribution in [0.15, 0.2) is 24.3 Å². The molecule has 4 heteroatoms. The highest BCUT2D eigenvalue weighted by atomic mass is 35.5. The lowest BCUT2D eigenvalue weighted by Gasteiger charge is -2.09. The van der Waals surface area contributed by atoms with Gasteiger partial charge in [0.05, 0.1) is 17.3 Å². The Morgan fingerprint density at radius 2 is 2.06 bits per heavy atom. The lowest BCUT2D eigenvalue weighted by atomic mass is 10.2. The molecule has 2 aromatic rings. The van der Waals surface area contributed by atoms with Crippen LogP contribution >= 0.6 is 23.2 Å². The fourth-order valence-corrected chi connectivity index (χ4v) is 1.97. The molecule has 16 heavy (non-hydrogen) atoms. The van der Waals surface area contributed by atoms with E-state index in [1.54, 1.807) is 0 Å². The summed E-state index contributed by atoms with van der Waals surface area (Å²) in [5, 5.41) is 5.18. The number of nitrogens with zero attached hydrogens (tertiary/aromatic N) is 2. The number of aryl methyl sites for hydroxylation is 1. The van der Waals surface area contributed by atoms with Crippen LogP contribution in [0.1, 0.15) is 17.0 Å². The SMILES string of the molecule is Cc1c(Cl)cccc1-n1nc(CCl)cc1C. The molecule has 1 heterocycles. The van der Waals surface area contributed by atoms with Gasteiger partial charge in [-0.1, -0.05) is 17.7 Å². The van der Waals surface area contributed by atoms with E-state index >= 15 is 0 Å². The third kappa shape index (κ3) is 1.95. The van der Waals surface area contributed by atoms with Gasteiger partial charge in [0.2, 0.25) is 0 Å². The summed E-state index contributed by atoms with van der Waals surface area (Å²) in [6.07, 6.45) is 0. The quantitative estimate of drug-likeness (QED) is 0.744. The fraction of sp³-hybridized carbons (Fsp3) is 0.250. The van der Waals surface area contributed by atoms with Crippen molar-refractivity contribution in [3.05, 3.63) is 46.2 Å². The molecule has 0 aliphatic rings. The molecule has 0 bridgehead atoms. The van der Waals surface area contributed by atoms with Gasteiger partial charge in [-0.05, 0) is 37.6 Å². The number of halogens is 2. The van der Waals surface area contributed by atoms with Gasteiger partial charge in [0.1, 0.15) is 0 Å². The van der Waals surface area contributed by atoms with Crippen LogP contribution in [0.25, 0.3) is 5.69 Å². The molecule has 0 aliphatic carbocycles. The monoisotopic (exact) mass is 254 g/mol. The van der Waals surface area contributed by atoms with Gasteiger partial charge in [-0.3, -0.25) is 0 Å². The summed E-state index contributed by atoms with van der Waals surface area (Å²) in [5.74, 6) is 0.424. The second-order valence-corrected chi connectivity index (χ2v) is 4.38. The molecular weight excluding hydrogens is 243 g/mol. The van der Waals surface area contributed by atoms with Gasteiger partial charge < -0.3 is 0 Å². The molecule has 0 saturated heterocycles. The smallest absolute Gasteiger partial charge is 0.0779 e. The van der Waals surface area contributed by atoms with E-state index in [0.717, 1.165) is 27.7 Å². The summed E-state index contributed by atoms with van der Waals surface area (Å²) in [6.45, 7) is 3.99. The summed E-state index contributed by atoms with van der Waals surface area (Å²) in [7, 11) is 0. The second kappa shape index (κ2) is 4.48. The lowest BCUT2D eigenvalue weighted by molar-refractivity contribution is 0.825. The highest BCUT2D eigenvalue weighted by Gasteiger charge is 2.09. The third-order valence-corrected chi connectivity index (χ3v) is 3.23. The topological polar surface area (TPSA) is 17.8 Å². The van der Waals surface area contributed by atoms with Crippen LogP contribution < -0.4 is 0 Å². The average molecular weight is 255 g/mol. The van der Waals surface area contributed by atoms with Gasteiger partial charge in [-0.2, -0.15) is 5.10 Å². The van der Waals surface area contributed by atoms with E-state index in [0.29, 0.717) is 5.88 Å². The predicted octanol–water partition coefficient (Wildman–Crippen LogP) is 3.88. The molecule has 0 fully saturated rings. The van der Waals surface area contributed by atoms with Crippen LogP contribution in [0.3, 0.4) is 0 Å². The maximum Gasteiger partial charge on any atom is 0.0779 e. The number of hydrogen-bond acceptors (Lipinski definition) is 1. The highest BCUT2D eigenvalue weighted by Crippen LogP contribution is 2.23. The summed E-state index contributed by atoms with van der Waals surface area (Å²) in [6, 6.07) is 7.78. The van der Waals surface area contributed by atoms with Crippen molar-refractivity contribution in [2.45, 2.75) is 19.7 Å². The third-order valence-electron chi connectivity index (χ3n) is 2.54. The zero-order valence-corrected chi connectivity index (χ0v) is 10.7. The number of benzene rings is 1. The van der Waals surface area contributed by atoms with Crippen LogP contribution in [-0.4, -0.2) is 9.78 Å². The molecule has 0 unspecified atom stereocenters. The Morgan fingerprint density at radius 1 is 1.31 bits per heavy atom. The van der Waals surface area contributed by atoms with E-state index in [2.05, 4.69) is 5.10 Å². The molecule has 1 aromatic carbocycles. The minimum Gasteiger partial charge on any atom is -0.237 e. The van der Waals surface area contributed by atoms with E-state index in [-0.39, 0.29) is 0 Å². The number of rotatable bonds is 2. The summed E-state index contributed by atoms with van der Waals surface area (Å²) in [4.78, 5) is 0. The Balaban J connectivity index is 2.58. The van der Waals surface area contributed by atoms with Crippen LogP contribution in [0.5, 0.6) is 0 Å². The second-order valence-electron chi connectivity index (χ2n) is 3.71. The van der Waals surface area contributed by atoms with Gasteiger partial charge in [-0.25, -0.2) is 4.68 Å². The first-order valence-electron chi connectivity index (χ1n) is 5.00. The molecule has 2 rings (SSSR count). The van der Waals surface area contributed by atoms with Crippen LogP contribution in [0.4, 0.5) is 0 Å². The van der Waals surface area contributed by atoms with Crippen molar-refractivity contribution in [2.24, 2.45) is 0 Å². The maximum absolute atomic E-state index is 6.09. The van der Waals surface area contributed by atoms with E-state index in [1.807, 2.05) is 42.8 Å². The molecule has 0 radical (unpaired) electrons. The van der Waals surface area contributed by atoms with Crippen molar-refractivity contribution < 1.29 is 0 Å². The first kappa shape index (κ1) is 11.5. The maximum atomic E-state index is 6.09. The molecule has 2 nitrogen and oxygen atoms in total. The Morgan fingerprint density at radius 3 is 2.69 bits per heavy atom. The molecular formula is C12H12Cl2N2. The summed E-state index contributed by atoms with van der Waals surface area (Å²) in [5.41, 5.74) is 3.96. The van der Waals surface area contributed by atoms with Crippen LogP contribution in [-0.2, 0) is 5.88 Å². The Labute approximate surface area is 105 Å². The summed E-state index contributed by atoms with van der Waals surface area (Å²) >= 11 is 11.9. The van der Waals surface area contributed by atoms with Crippen molar-refractivity contribution in [2.75, 3.05) is 0 Å². The Bertz CT molecular complexity index is 518. The molecule has 1 aromatic heterocycles. The molecule has 0 aliphatic heterocycles. The Hall–Kier alpha value is -0.990. The standard InChI is InChI=1S/C12H12Cl2N2/c1-8-6-10(7-13)15-16(8)12-5-3-4-11(14)9(12)2/h3-6H,7H2,1-2H3. The van der Waals surface area contributed by atoms with Crippen molar-refractivity contribution >= 4 is 23.2 Å². The fourth-order valence-electron chi connectivity index (χ4n) is 1.67. The normalized spacial score (nSPS) is 10.8. The van der Waals surface area contributed by atoms with E-state index in [1.165, 1.54) is 0 Å². The molecule has 0 amide bonds. The zero-order valence-electron chi connectivity index (χ0n) is 9.17. The molecule has 0 saturated carbocycles. The minimum atomic E-state index is 0.424. The van der Waals surface area contributed by atoms with Gasteiger partial charge in [0.25, 0.3) is 0 Å². The first-order chi connectivity index (χ1) is 7.63. The first-order valence-corrected chi connectivity index (χ1v) is 5.91. The van der Waals surface area contributed by atoms with E-state index < -0.39 is 0 Å². The van der Waals surface area contributed by atoms with Crippen LogP contribution in [0, 0.1) is 13.8 Å². The summed E-state index contributed by atoms with van der Waals surface area (Å²) < 4.78 is 1.87. The molecule has 0 atom stereocenters. The largest absolute Gasteiger partial charge is 0.237 e. The van der Waals surface area contributed by atoms with Crippen molar-refractivity contribution in [1.82, 2.24) is 9.78 Å². The van der Waals surface area contributed by atoms with Gasteiger partial charge in [0, 0.05) is 10.7 Å². The highest BCUT2D eigenvalue weighted by molar-refractivity contribution is 6.31. The number of alkyl halides is 1. The number of hydrogen-bond donors (Lipinski definition) is 0. The van der Waals surface area contributed by atoms with Gasteiger partial charge in [0.15, 0.2) is 0 Å². The van der Waals surface area contributed by atoms with Gasteiger partial charge >= 0.3 is 0 Å². The predicted molar refractivity (Wildman–Crippen MR) is 67.6 cm³/mol. The zero-order chi connectivity index (χ0) is 11.7. The number of aromatic nitrogens is 2. The van der Waals surface area contributed by atoms with Crippen molar-refractivity contribution in [3.63, 3.8) is 0 Å². The lowest BCUT2D eigenvalue weighted by Crippen LogP contribution is -2.01. The molecule has 0 N–H and O–H groups in total. The van der Waals surface area contributed by atoms with E-state index in [4.69, 9.17) is 23.2 Å².